The van der Waals surface area contributed by atoms with Crippen LogP contribution in [0, 0.1) is 0 Å². The summed E-state index contributed by atoms with van der Waals surface area (Å²) >= 11 is 0. The summed E-state index contributed by atoms with van der Waals surface area (Å²) < 4.78 is 28.4. The van der Waals surface area contributed by atoms with Gasteiger partial charge in [-0.2, -0.15) is 8.42 Å². The van der Waals surface area contributed by atoms with Crippen molar-refractivity contribution < 1.29 is 48.4 Å². The summed E-state index contributed by atoms with van der Waals surface area (Å²) in [7, 11) is -3.64. The van der Waals surface area contributed by atoms with Crippen LogP contribution in [0.15, 0.2) is 47.4 Å². The number of carbonyl (C=O) groups is 1. The maximum absolute atomic E-state index is 11.8. The van der Waals surface area contributed by atoms with E-state index in [4.69, 9.17) is 8.98 Å². The fourth-order valence-corrected chi connectivity index (χ4v) is 2.77. The Morgan fingerprint density at radius 1 is 1.11 bits per heavy atom. The Morgan fingerprint density at radius 3 is 2.32 bits per heavy atom. The zero-order valence-electron chi connectivity index (χ0n) is 12.0. The average Bonchev–Trinajstić information content (AvgIpc) is 2.40. The fourth-order valence-electron chi connectivity index (χ4n) is 1.63. The van der Waals surface area contributed by atoms with E-state index in [0.717, 1.165) is 5.39 Å². The Kier molecular flexibility index (Phi) is 8.13. The maximum Gasteiger partial charge on any atom is 1.00 e. The second-order valence-corrected chi connectivity index (χ2v) is 4.92. The quantitative estimate of drug-likeness (QED) is 0.565. The molecule has 0 unspecified atom stereocenters. The molecule has 0 aliphatic rings. The number of rotatable bonds is 3. The second-order valence-electron chi connectivity index (χ2n) is 3.34. The van der Waals surface area contributed by atoms with Crippen LogP contribution >= 0.6 is 0 Å². The van der Waals surface area contributed by atoms with Gasteiger partial charge in [-0.3, -0.25) is 4.18 Å². The van der Waals surface area contributed by atoms with Crippen LogP contribution in [-0.2, 0) is 19.1 Å². The van der Waals surface area contributed by atoms with E-state index in [-0.39, 0.29) is 42.5 Å². The molecule has 0 aliphatic carbocycles. The van der Waals surface area contributed by atoms with Crippen LogP contribution in [0.25, 0.3) is 10.8 Å². The van der Waals surface area contributed by atoms with Gasteiger partial charge in [0.25, 0.3) is 10.1 Å². The molecule has 0 fully saturated rings. The third kappa shape index (κ3) is 4.40. The van der Waals surface area contributed by atoms with Crippen molar-refractivity contribution in [1.29, 1.82) is 0 Å². The van der Waals surface area contributed by atoms with Crippen LogP contribution in [0.3, 0.4) is 0 Å². The minimum Gasteiger partial charge on any atom is -1.00 e. The predicted molar refractivity (Wildman–Crippen MR) is 71.0 cm³/mol. The monoisotopic (exact) mass is 290 g/mol. The molecule has 0 N–H and O–H groups in total. The normalized spacial score (nSPS) is 10.2. The summed E-state index contributed by atoms with van der Waals surface area (Å²) in [6, 6.07) is 12.5. The van der Waals surface area contributed by atoms with Gasteiger partial charge in [-0.05, 0) is 18.4 Å². The van der Waals surface area contributed by atoms with Crippen molar-refractivity contribution >= 4 is 27.7 Å². The Bertz CT molecular complexity index is 626. The number of fused-ring (bicyclic) bond motifs is 1. The van der Waals surface area contributed by atoms with Crippen molar-refractivity contribution in [3.8, 4) is 0 Å². The smallest absolute Gasteiger partial charge is 1.00 e. The molecule has 6 heteroatoms. The molecule has 0 atom stereocenters. The largest absolute Gasteiger partial charge is 1.00 e. The first-order valence-electron chi connectivity index (χ1n) is 5.31. The van der Waals surface area contributed by atoms with E-state index >= 15 is 0 Å². The number of hydrogen-bond acceptors (Lipinski definition) is 4. The van der Waals surface area contributed by atoms with Gasteiger partial charge in [-0.15, -0.1) is 0 Å². The number of benzene rings is 2. The van der Waals surface area contributed by atoms with Crippen LogP contribution < -0.4 is 29.6 Å². The molecular weight excluding hydrogens is 275 g/mol. The molecule has 2 aromatic carbocycles. The van der Waals surface area contributed by atoms with Crippen LogP contribution in [0.4, 0.5) is 0 Å². The predicted octanol–water partition coefficient (Wildman–Crippen LogP) is -0.503. The molecule has 4 nitrogen and oxygen atoms in total. The number of carbonyl (C=O) groups excluding carboxylic acids is 1. The summed E-state index contributed by atoms with van der Waals surface area (Å²) in [5.74, 6) is 0. The van der Waals surface area contributed by atoms with Gasteiger partial charge < -0.3 is 6.22 Å². The van der Waals surface area contributed by atoms with Crippen molar-refractivity contribution in [1.82, 2.24) is 0 Å². The van der Waals surface area contributed by atoms with Crippen LogP contribution in [-0.4, -0.2) is 21.8 Å². The first-order chi connectivity index (χ1) is 8.65. The van der Waals surface area contributed by atoms with Crippen LogP contribution in [0.1, 0.15) is 8.35 Å². The summed E-state index contributed by atoms with van der Waals surface area (Å²) in [4.78, 5) is 8.23. The molecule has 0 bridgehead atoms. The summed E-state index contributed by atoms with van der Waals surface area (Å²) in [5, 5.41) is 1.58. The van der Waals surface area contributed by atoms with Gasteiger partial charge in [0.2, 0.25) is 0 Å². The molecule has 0 spiro atoms. The van der Waals surface area contributed by atoms with Crippen LogP contribution in [0.2, 0.25) is 0 Å². The second kappa shape index (κ2) is 8.45. The molecule has 0 aliphatic heterocycles. The van der Waals surface area contributed by atoms with Gasteiger partial charge in [0, 0.05) is 5.39 Å². The molecule has 0 aromatic heterocycles. The first kappa shape index (κ1) is 18.3. The van der Waals surface area contributed by atoms with Gasteiger partial charge in [0.15, 0.2) is 0 Å². The zero-order chi connectivity index (χ0) is 13.6. The Morgan fingerprint density at radius 2 is 1.68 bits per heavy atom. The molecule has 0 heterocycles. The van der Waals surface area contributed by atoms with E-state index in [1.165, 1.54) is 0 Å². The topological polar surface area (TPSA) is 60.4 Å². The third-order valence-corrected chi connectivity index (χ3v) is 3.73. The summed E-state index contributed by atoms with van der Waals surface area (Å²) in [6.07, 6.45) is 0. The number of hydrogen-bond donors (Lipinski definition) is 0. The van der Waals surface area contributed by atoms with Crippen molar-refractivity contribution in [2.75, 3.05) is 6.61 Å². The molecule has 98 valence electrons. The van der Waals surface area contributed by atoms with E-state index in [2.05, 4.69) is 0 Å². The van der Waals surface area contributed by atoms with Crippen LogP contribution in [0.5, 0.6) is 0 Å². The van der Waals surface area contributed by atoms with E-state index in [9.17, 15) is 8.42 Å². The van der Waals surface area contributed by atoms with Gasteiger partial charge in [0.1, 0.15) is 11.7 Å². The van der Waals surface area contributed by atoms with Gasteiger partial charge >= 0.3 is 29.6 Å². The molecule has 0 amide bonds. The van der Waals surface area contributed by atoms with E-state index in [1.54, 1.807) is 25.1 Å². The Labute approximate surface area is 136 Å². The SMILES string of the molecule is C=O.CCOS(=O)(=O)c1cccc2ccccc12.[H-].[Na+]. The first-order valence-corrected chi connectivity index (χ1v) is 6.72. The standard InChI is InChI=1S/C12H12O3S.CH2O.Na.H/c1-2-15-16(13,14)12-9-5-7-10-6-3-4-8-11(10)12;1-2;;/h3-9H,2H2,1H3;1H2;;/q;;+1;-1. The van der Waals surface area contributed by atoms with Crippen molar-refractivity contribution in [3.63, 3.8) is 0 Å². The van der Waals surface area contributed by atoms with Gasteiger partial charge in [-0.1, -0.05) is 36.4 Å². The summed E-state index contributed by atoms with van der Waals surface area (Å²) in [6.45, 7) is 3.80. The Hall–Kier alpha value is -0.720. The minimum atomic E-state index is -3.64. The third-order valence-electron chi connectivity index (χ3n) is 2.29. The summed E-state index contributed by atoms with van der Waals surface area (Å²) in [5.41, 5.74) is 0. The molecule has 0 saturated carbocycles. The van der Waals surface area contributed by atoms with E-state index in [1.807, 2.05) is 31.1 Å². The molecule has 19 heavy (non-hydrogen) atoms. The molecule has 0 radical (unpaired) electrons. The van der Waals surface area contributed by atoms with E-state index < -0.39 is 10.1 Å². The molecule has 2 rings (SSSR count). The molecular formula is C13H15NaO4S. The van der Waals surface area contributed by atoms with E-state index in [0.29, 0.717) is 5.39 Å². The van der Waals surface area contributed by atoms with Crippen molar-refractivity contribution in [3.05, 3.63) is 42.5 Å². The van der Waals surface area contributed by atoms with Gasteiger partial charge in [-0.25, -0.2) is 0 Å². The molecule has 2 aromatic rings. The molecule has 0 saturated heterocycles. The van der Waals surface area contributed by atoms with Crippen molar-refractivity contribution in [2.45, 2.75) is 11.8 Å². The maximum atomic E-state index is 11.8. The Balaban J connectivity index is 0. The minimum absolute atomic E-state index is 0. The average molecular weight is 290 g/mol. The zero-order valence-corrected chi connectivity index (χ0v) is 13.8. The fraction of sp³-hybridized carbons (Fsp3) is 0.154. The van der Waals surface area contributed by atoms with Crippen molar-refractivity contribution in [2.24, 2.45) is 0 Å². The van der Waals surface area contributed by atoms with Gasteiger partial charge in [0.05, 0.1) is 6.61 Å².